The topological polar surface area (TPSA) is 84.0 Å². The number of halogens is 3. The number of carbonyl (C=O) groups excluding carboxylic acids is 2. The summed E-state index contributed by atoms with van der Waals surface area (Å²) in [6, 6.07) is 10.3. The average molecular weight is 412 g/mol. The van der Waals surface area contributed by atoms with Crippen molar-refractivity contribution in [3.05, 3.63) is 83.9 Å². The maximum atomic E-state index is 13.8. The van der Waals surface area contributed by atoms with Crippen molar-refractivity contribution in [1.29, 1.82) is 0 Å². The molecule has 1 aliphatic rings. The van der Waals surface area contributed by atoms with Gasteiger partial charge in [-0.2, -0.15) is 0 Å². The SMILES string of the molecule is O=C(Nc1ccc(F)cn1)[C@@H]1C[C@@]1(C(=O)Nc1ccc(F)cn1)c1cccc(F)c1. The molecule has 0 spiro atoms. The van der Waals surface area contributed by atoms with E-state index in [-0.39, 0.29) is 18.1 Å². The largest absolute Gasteiger partial charge is 0.310 e. The number of amides is 2. The van der Waals surface area contributed by atoms with Crippen LogP contribution in [0.1, 0.15) is 12.0 Å². The second-order valence-corrected chi connectivity index (χ2v) is 6.91. The molecule has 0 saturated heterocycles. The Labute approximate surface area is 169 Å². The third-order valence-electron chi connectivity index (χ3n) is 4.97. The summed E-state index contributed by atoms with van der Waals surface area (Å²) in [6.07, 6.45) is 2.02. The zero-order valence-corrected chi connectivity index (χ0v) is 15.4. The lowest BCUT2D eigenvalue weighted by Gasteiger charge is -2.18. The molecule has 2 atom stereocenters. The minimum Gasteiger partial charge on any atom is -0.310 e. The molecular weight excluding hydrogens is 397 g/mol. The van der Waals surface area contributed by atoms with Gasteiger partial charge in [-0.05, 0) is 48.4 Å². The Morgan fingerprint density at radius 1 is 0.867 bits per heavy atom. The van der Waals surface area contributed by atoms with Gasteiger partial charge in [-0.25, -0.2) is 23.1 Å². The molecule has 2 heterocycles. The predicted molar refractivity (Wildman–Crippen MR) is 102 cm³/mol. The molecule has 2 N–H and O–H groups in total. The normalized spacial score (nSPS) is 19.8. The lowest BCUT2D eigenvalue weighted by atomic mass is 9.91. The summed E-state index contributed by atoms with van der Waals surface area (Å²) in [6.45, 7) is 0. The summed E-state index contributed by atoms with van der Waals surface area (Å²) in [4.78, 5) is 33.4. The Bertz CT molecular complexity index is 1110. The first-order chi connectivity index (χ1) is 14.4. The van der Waals surface area contributed by atoms with E-state index in [1.165, 1.54) is 30.3 Å². The van der Waals surface area contributed by atoms with Gasteiger partial charge in [0.1, 0.15) is 29.1 Å². The van der Waals surface area contributed by atoms with Crippen molar-refractivity contribution in [2.45, 2.75) is 11.8 Å². The zero-order chi connectivity index (χ0) is 21.3. The first kappa shape index (κ1) is 19.6. The molecule has 1 fully saturated rings. The summed E-state index contributed by atoms with van der Waals surface area (Å²) in [5.74, 6) is -3.34. The first-order valence-corrected chi connectivity index (χ1v) is 9.00. The molecule has 0 unspecified atom stereocenters. The zero-order valence-electron chi connectivity index (χ0n) is 15.4. The summed E-state index contributed by atoms with van der Waals surface area (Å²) < 4.78 is 39.9. The van der Waals surface area contributed by atoms with Crippen molar-refractivity contribution < 1.29 is 22.8 Å². The molecule has 30 heavy (non-hydrogen) atoms. The minimum absolute atomic E-state index is 0.100. The summed E-state index contributed by atoms with van der Waals surface area (Å²) in [7, 11) is 0. The second-order valence-electron chi connectivity index (χ2n) is 6.91. The maximum absolute atomic E-state index is 13.8. The Morgan fingerprint density at radius 3 is 2.07 bits per heavy atom. The molecule has 0 radical (unpaired) electrons. The molecule has 4 rings (SSSR count). The van der Waals surface area contributed by atoms with Gasteiger partial charge in [0.15, 0.2) is 0 Å². The molecule has 1 saturated carbocycles. The Hall–Kier alpha value is -3.75. The maximum Gasteiger partial charge on any atom is 0.237 e. The first-order valence-electron chi connectivity index (χ1n) is 9.00. The van der Waals surface area contributed by atoms with Crippen molar-refractivity contribution in [3.63, 3.8) is 0 Å². The predicted octanol–water partition coefficient (Wildman–Crippen LogP) is 3.43. The smallest absolute Gasteiger partial charge is 0.237 e. The van der Waals surface area contributed by atoms with Crippen LogP contribution in [0.3, 0.4) is 0 Å². The number of nitrogens with zero attached hydrogens (tertiary/aromatic N) is 2. The van der Waals surface area contributed by atoms with Crippen molar-refractivity contribution in [3.8, 4) is 0 Å². The standard InChI is InChI=1S/C21H15F3N4O2/c22-13-3-1-2-12(8-13)21(20(30)28-18-7-5-15(24)11-26-18)9-16(21)19(29)27-17-6-4-14(23)10-25-17/h1-8,10-11,16H,9H2,(H,25,27,29)(H,26,28,30)/t16-,21+/m0/s1. The van der Waals surface area contributed by atoms with Gasteiger partial charge in [-0.3, -0.25) is 9.59 Å². The molecule has 9 heteroatoms. The van der Waals surface area contributed by atoms with Gasteiger partial charge in [0.05, 0.1) is 23.7 Å². The van der Waals surface area contributed by atoms with Crippen molar-refractivity contribution in [2.24, 2.45) is 5.92 Å². The van der Waals surface area contributed by atoms with Crippen LogP contribution >= 0.6 is 0 Å². The molecule has 1 aromatic carbocycles. The number of pyridine rings is 2. The molecule has 6 nitrogen and oxygen atoms in total. The highest BCUT2D eigenvalue weighted by atomic mass is 19.1. The second kappa shape index (κ2) is 7.58. The molecule has 0 bridgehead atoms. The van der Waals surface area contributed by atoms with Crippen molar-refractivity contribution in [2.75, 3.05) is 10.6 Å². The van der Waals surface area contributed by atoms with Gasteiger partial charge in [-0.15, -0.1) is 0 Å². The number of hydrogen-bond acceptors (Lipinski definition) is 4. The highest BCUT2D eigenvalue weighted by molar-refractivity contribution is 6.09. The number of carbonyl (C=O) groups is 2. The molecule has 0 aliphatic heterocycles. The van der Waals surface area contributed by atoms with E-state index < -0.39 is 40.6 Å². The van der Waals surface area contributed by atoms with Crippen LogP contribution in [0, 0.1) is 23.4 Å². The molecular formula is C21H15F3N4O2. The number of rotatable bonds is 5. The Morgan fingerprint density at radius 2 is 1.50 bits per heavy atom. The molecule has 2 amide bonds. The summed E-state index contributed by atoms with van der Waals surface area (Å²) in [5, 5.41) is 5.10. The van der Waals surface area contributed by atoms with Crippen LogP contribution in [0.4, 0.5) is 24.8 Å². The van der Waals surface area contributed by atoms with E-state index in [9.17, 15) is 22.8 Å². The summed E-state index contributed by atoms with van der Waals surface area (Å²) >= 11 is 0. The fourth-order valence-electron chi connectivity index (χ4n) is 3.39. The van der Waals surface area contributed by atoms with Crippen molar-refractivity contribution >= 4 is 23.5 Å². The van der Waals surface area contributed by atoms with Gasteiger partial charge in [0.2, 0.25) is 11.8 Å². The Kier molecular flexibility index (Phi) is 4.94. The number of aromatic nitrogens is 2. The van der Waals surface area contributed by atoms with E-state index in [1.54, 1.807) is 6.07 Å². The number of hydrogen-bond donors (Lipinski definition) is 2. The number of benzene rings is 1. The minimum atomic E-state index is -1.33. The van der Waals surface area contributed by atoms with Gasteiger partial charge in [0.25, 0.3) is 0 Å². The van der Waals surface area contributed by atoms with E-state index in [0.29, 0.717) is 5.56 Å². The molecule has 2 aromatic heterocycles. The van der Waals surface area contributed by atoms with E-state index in [4.69, 9.17) is 0 Å². The van der Waals surface area contributed by atoms with Gasteiger partial charge < -0.3 is 10.6 Å². The van der Waals surface area contributed by atoms with Gasteiger partial charge in [0, 0.05) is 0 Å². The van der Waals surface area contributed by atoms with Crippen LogP contribution in [0.2, 0.25) is 0 Å². The Balaban J connectivity index is 1.61. The van der Waals surface area contributed by atoms with Crippen LogP contribution in [0.15, 0.2) is 60.9 Å². The molecule has 1 aliphatic carbocycles. The third-order valence-corrected chi connectivity index (χ3v) is 4.97. The third kappa shape index (κ3) is 3.73. The fourth-order valence-corrected chi connectivity index (χ4v) is 3.39. The highest BCUT2D eigenvalue weighted by Gasteiger charge is 2.64. The van der Waals surface area contributed by atoms with Crippen molar-refractivity contribution in [1.82, 2.24) is 9.97 Å². The van der Waals surface area contributed by atoms with Crippen LogP contribution in [-0.4, -0.2) is 21.8 Å². The van der Waals surface area contributed by atoms with Gasteiger partial charge >= 0.3 is 0 Å². The van der Waals surface area contributed by atoms with E-state index in [0.717, 1.165) is 24.5 Å². The average Bonchev–Trinajstić information content (AvgIpc) is 3.49. The quantitative estimate of drug-likeness (QED) is 0.673. The lowest BCUT2D eigenvalue weighted by molar-refractivity contribution is -0.123. The molecule has 152 valence electrons. The van der Waals surface area contributed by atoms with E-state index >= 15 is 0 Å². The summed E-state index contributed by atoms with van der Waals surface area (Å²) in [5.41, 5.74) is -1.00. The number of nitrogens with one attached hydrogen (secondary N) is 2. The van der Waals surface area contributed by atoms with Crippen LogP contribution in [0.5, 0.6) is 0 Å². The van der Waals surface area contributed by atoms with E-state index in [2.05, 4.69) is 20.6 Å². The van der Waals surface area contributed by atoms with Crippen LogP contribution in [-0.2, 0) is 15.0 Å². The fraction of sp³-hybridized carbons (Fsp3) is 0.143. The number of anilines is 2. The van der Waals surface area contributed by atoms with Gasteiger partial charge in [-0.1, -0.05) is 12.1 Å². The van der Waals surface area contributed by atoms with Crippen LogP contribution < -0.4 is 10.6 Å². The molecule has 3 aromatic rings. The van der Waals surface area contributed by atoms with E-state index in [1.807, 2.05) is 0 Å². The highest BCUT2D eigenvalue weighted by Crippen LogP contribution is 2.55. The lowest BCUT2D eigenvalue weighted by Crippen LogP contribution is -2.33. The van der Waals surface area contributed by atoms with Crippen LogP contribution in [0.25, 0.3) is 0 Å². The monoisotopic (exact) mass is 412 g/mol.